The van der Waals surface area contributed by atoms with Gasteiger partial charge >= 0.3 is 0 Å². The van der Waals surface area contributed by atoms with Crippen LogP contribution in [0.3, 0.4) is 0 Å². The molecule has 0 unspecified atom stereocenters. The maximum atomic E-state index is 11.6. The summed E-state index contributed by atoms with van der Waals surface area (Å²) in [6.07, 6.45) is 1.38. The van der Waals surface area contributed by atoms with Crippen molar-refractivity contribution in [3.05, 3.63) is 29.3 Å². The summed E-state index contributed by atoms with van der Waals surface area (Å²) in [5, 5.41) is 0. The first-order valence-electron chi connectivity index (χ1n) is 6.62. The summed E-state index contributed by atoms with van der Waals surface area (Å²) >= 11 is 0. The molecule has 108 valence electrons. The summed E-state index contributed by atoms with van der Waals surface area (Å²) in [5.74, 6) is 1.07. The fraction of sp³-hybridized carbons (Fsp3) is 0.571. The Hall–Kier alpha value is -1.07. The molecule has 0 radical (unpaired) electrons. The third kappa shape index (κ3) is 5.20. The summed E-state index contributed by atoms with van der Waals surface area (Å²) in [4.78, 5) is 0. The molecule has 0 bridgehead atoms. The molecule has 0 aliphatic heterocycles. The molecule has 0 aromatic heterocycles. The average Bonchev–Trinajstić information content (AvgIpc) is 2.33. The van der Waals surface area contributed by atoms with Crippen LogP contribution in [0.15, 0.2) is 18.2 Å². The zero-order chi connectivity index (χ0) is 14.3. The van der Waals surface area contributed by atoms with Crippen LogP contribution in [-0.4, -0.2) is 33.1 Å². The van der Waals surface area contributed by atoms with Crippen molar-refractivity contribution in [3.63, 3.8) is 0 Å². The maximum Gasteiger partial charge on any atom is 0.153 e. The SMILES string of the molecule is CCCS(=O)(=O)CCOc1c(C)cccc1CCN. The van der Waals surface area contributed by atoms with Crippen molar-refractivity contribution in [1.29, 1.82) is 0 Å². The van der Waals surface area contributed by atoms with Crippen LogP contribution in [0, 0.1) is 6.92 Å². The molecule has 0 saturated carbocycles. The molecule has 0 saturated heterocycles. The molecule has 19 heavy (non-hydrogen) atoms. The van der Waals surface area contributed by atoms with Crippen molar-refractivity contribution >= 4 is 9.84 Å². The lowest BCUT2D eigenvalue weighted by Crippen LogP contribution is -2.17. The van der Waals surface area contributed by atoms with E-state index < -0.39 is 9.84 Å². The highest BCUT2D eigenvalue weighted by Gasteiger charge is 2.11. The van der Waals surface area contributed by atoms with Crippen molar-refractivity contribution in [1.82, 2.24) is 0 Å². The van der Waals surface area contributed by atoms with Crippen molar-refractivity contribution in [2.75, 3.05) is 24.7 Å². The molecular formula is C14H23NO3S. The first-order chi connectivity index (χ1) is 9.00. The lowest BCUT2D eigenvalue weighted by atomic mass is 10.1. The Morgan fingerprint density at radius 2 is 2.00 bits per heavy atom. The minimum absolute atomic E-state index is 0.0667. The number of ether oxygens (including phenoxy) is 1. The largest absolute Gasteiger partial charge is 0.492 e. The summed E-state index contributed by atoms with van der Waals surface area (Å²) in [6, 6.07) is 5.88. The van der Waals surface area contributed by atoms with Crippen molar-refractivity contribution in [2.24, 2.45) is 5.73 Å². The fourth-order valence-electron chi connectivity index (χ4n) is 1.96. The molecule has 2 N–H and O–H groups in total. The zero-order valence-electron chi connectivity index (χ0n) is 11.7. The molecule has 0 spiro atoms. The number of rotatable bonds is 8. The molecule has 1 aromatic carbocycles. The Morgan fingerprint density at radius 3 is 2.63 bits per heavy atom. The summed E-state index contributed by atoms with van der Waals surface area (Å²) in [5.41, 5.74) is 7.62. The Balaban J connectivity index is 2.67. The van der Waals surface area contributed by atoms with Crippen LogP contribution >= 0.6 is 0 Å². The second-order valence-corrected chi connectivity index (χ2v) is 6.91. The fourth-order valence-corrected chi connectivity index (χ4v) is 3.12. The number of hydrogen-bond donors (Lipinski definition) is 1. The van der Waals surface area contributed by atoms with Gasteiger partial charge in [0.2, 0.25) is 0 Å². The lowest BCUT2D eigenvalue weighted by Gasteiger charge is -2.13. The molecule has 1 rings (SSSR count). The minimum Gasteiger partial charge on any atom is -0.492 e. The molecule has 0 atom stereocenters. The molecule has 0 aliphatic carbocycles. The van der Waals surface area contributed by atoms with Gasteiger partial charge in [-0.05, 0) is 37.4 Å². The normalized spacial score (nSPS) is 11.5. The van der Waals surface area contributed by atoms with E-state index in [1.807, 2.05) is 32.0 Å². The third-order valence-electron chi connectivity index (χ3n) is 2.86. The molecule has 1 aromatic rings. The van der Waals surface area contributed by atoms with E-state index in [1.54, 1.807) is 0 Å². The van der Waals surface area contributed by atoms with E-state index in [4.69, 9.17) is 10.5 Å². The van der Waals surface area contributed by atoms with Crippen LogP contribution in [0.1, 0.15) is 24.5 Å². The van der Waals surface area contributed by atoms with Gasteiger partial charge in [-0.15, -0.1) is 0 Å². The van der Waals surface area contributed by atoms with E-state index in [-0.39, 0.29) is 18.1 Å². The van der Waals surface area contributed by atoms with Crippen molar-refractivity contribution < 1.29 is 13.2 Å². The van der Waals surface area contributed by atoms with E-state index in [9.17, 15) is 8.42 Å². The first-order valence-corrected chi connectivity index (χ1v) is 8.44. The summed E-state index contributed by atoms with van der Waals surface area (Å²) < 4.78 is 28.9. The monoisotopic (exact) mass is 285 g/mol. The van der Waals surface area contributed by atoms with Gasteiger partial charge in [0.25, 0.3) is 0 Å². The molecule has 0 amide bonds. The van der Waals surface area contributed by atoms with E-state index >= 15 is 0 Å². The van der Waals surface area contributed by atoms with Gasteiger partial charge in [0.05, 0.1) is 11.5 Å². The molecule has 0 heterocycles. The van der Waals surface area contributed by atoms with Crippen molar-refractivity contribution in [3.8, 4) is 5.75 Å². The van der Waals surface area contributed by atoms with E-state index in [1.165, 1.54) is 0 Å². The molecular weight excluding hydrogens is 262 g/mol. The van der Waals surface area contributed by atoms with Crippen LogP contribution in [0.4, 0.5) is 0 Å². The van der Waals surface area contributed by atoms with Crippen LogP contribution in [-0.2, 0) is 16.3 Å². The van der Waals surface area contributed by atoms with E-state index in [0.717, 1.165) is 23.3 Å². The van der Waals surface area contributed by atoms with Crippen LogP contribution in [0.25, 0.3) is 0 Å². The standard InChI is InChI=1S/C14H23NO3S/c1-3-10-19(16,17)11-9-18-14-12(2)5-4-6-13(14)7-8-15/h4-6H,3,7-11,15H2,1-2H3. The number of benzene rings is 1. The van der Waals surface area contributed by atoms with Gasteiger partial charge in [0.1, 0.15) is 12.4 Å². The highest BCUT2D eigenvalue weighted by atomic mass is 32.2. The van der Waals surface area contributed by atoms with Gasteiger partial charge in [-0.25, -0.2) is 8.42 Å². The quantitative estimate of drug-likeness (QED) is 0.789. The Kier molecular flexibility index (Phi) is 6.31. The Morgan fingerprint density at radius 1 is 1.26 bits per heavy atom. The highest BCUT2D eigenvalue weighted by Crippen LogP contribution is 2.23. The number of para-hydroxylation sites is 1. The van der Waals surface area contributed by atoms with Gasteiger partial charge in [-0.1, -0.05) is 25.1 Å². The molecule has 5 heteroatoms. The number of sulfone groups is 1. The van der Waals surface area contributed by atoms with Gasteiger partial charge in [0, 0.05) is 0 Å². The van der Waals surface area contributed by atoms with Gasteiger partial charge < -0.3 is 10.5 Å². The van der Waals surface area contributed by atoms with E-state index in [0.29, 0.717) is 13.0 Å². The first kappa shape index (κ1) is 16.0. The third-order valence-corrected chi connectivity index (χ3v) is 4.68. The van der Waals surface area contributed by atoms with Crippen LogP contribution in [0.2, 0.25) is 0 Å². The molecule has 4 nitrogen and oxygen atoms in total. The van der Waals surface area contributed by atoms with Gasteiger partial charge in [-0.2, -0.15) is 0 Å². The molecule has 0 fully saturated rings. The van der Waals surface area contributed by atoms with Crippen LogP contribution in [0.5, 0.6) is 5.75 Å². The number of nitrogens with two attached hydrogens (primary N) is 1. The zero-order valence-corrected chi connectivity index (χ0v) is 12.5. The predicted octanol–water partition coefficient (Wildman–Crippen LogP) is 1.70. The minimum atomic E-state index is -2.99. The highest BCUT2D eigenvalue weighted by molar-refractivity contribution is 7.91. The smallest absolute Gasteiger partial charge is 0.153 e. The second kappa shape index (κ2) is 7.50. The van der Waals surface area contributed by atoms with E-state index in [2.05, 4.69) is 0 Å². The van der Waals surface area contributed by atoms with Crippen LogP contribution < -0.4 is 10.5 Å². The number of hydrogen-bond acceptors (Lipinski definition) is 4. The molecule has 0 aliphatic rings. The lowest BCUT2D eigenvalue weighted by molar-refractivity contribution is 0.335. The second-order valence-electron chi connectivity index (χ2n) is 4.60. The predicted molar refractivity (Wildman–Crippen MR) is 78.4 cm³/mol. The van der Waals surface area contributed by atoms with Gasteiger partial charge in [0.15, 0.2) is 9.84 Å². The summed E-state index contributed by atoms with van der Waals surface area (Å²) in [6.45, 7) is 4.56. The van der Waals surface area contributed by atoms with Gasteiger partial charge in [-0.3, -0.25) is 0 Å². The topological polar surface area (TPSA) is 69.4 Å². The average molecular weight is 285 g/mol. The summed E-state index contributed by atoms with van der Waals surface area (Å²) in [7, 11) is -2.99. The Labute approximate surface area is 115 Å². The van der Waals surface area contributed by atoms with Crippen molar-refractivity contribution in [2.45, 2.75) is 26.7 Å². The maximum absolute atomic E-state index is 11.6. The number of aryl methyl sites for hydroxylation is 1. The Bertz CT molecular complexity index is 497.